The molecular formula is C18H22FNO. The van der Waals surface area contributed by atoms with Crippen molar-refractivity contribution in [3.63, 3.8) is 0 Å². The van der Waals surface area contributed by atoms with Gasteiger partial charge in [0.25, 0.3) is 0 Å². The average molecular weight is 287 g/mol. The molecule has 0 radical (unpaired) electrons. The number of hydrogen-bond acceptors (Lipinski definition) is 2. The maximum atomic E-state index is 14.1. The van der Waals surface area contributed by atoms with Crippen molar-refractivity contribution in [3.8, 4) is 11.5 Å². The van der Waals surface area contributed by atoms with Crippen LogP contribution in [0.5, 0.6) is 11.5 Å². The highest BCUT2D eigenvalue weighted by atomic mass is 19.1. The van der Waals surface area contributed by atoms with Crippen molar-refractivity contribution in [3.05, 3.63) is 58.9 Å². The molecular weight excluding hydrogens is 265 g/mol. The third kappa shape index (κ3) is 3.82. The predicted molar refractivity (Wildman–Crippen MR) is 84.4 cm³/mol. The molecule has 0 saturated carbocycles. The van der Waals surface area contributed by atoms with E-state index in [1.54, 1.807) is 12.1 Å². The first-order valence-electron chi connectivity index (χ1n) is 7.29. The van der Waals surface area contributed by atoms with Crippen LogP contribution in [0.3, 0.4) is 0 Å². The Labute approximate surface area is 125 Å². The van der Waals surface area contributed by atoms with E-state index in [4.69, 9.17) is 10.5 Å². The Balaban J connectivity index is 2.33. The van der Waals surface area contributed by atoms with E-state index in [-0.39, 0.29) is 11.9 Å². The van der Waals surface area contributed by atoms with E-state index in [9.17, 15) is 4.39 Å². The van der Waals surface area contributed by atoms with E-state index in [0.29, 0.717) is 17.7 Å². The van der Waals surface area contributed by atoms with Gasteiger partial charge in [0, 0.05) is 11.6 Å². The van der Waals surface area contributed by atoms with Crippen LogP contribution in [-0.2, 0) is 6.42 Å². The summed E-state index contributed by atoms with van der Waals surface area (Å²) in [6, 6.07) is 10.8. The summed E-state index contributed by atoms with van der Waals surface area (Å²) in [4.78, 5) is 0. The molecule has 0 amide bonds. The Morgan fingerprint density at radius 2 is 1.90 bits per heavy atom. The van der Waals surface area contributed by atoms with Gasteiger partial charge in [-0.25, -0.2) is 4.39 Å². The summed E-state index contributed by atoms with van der Waals surface area (Å²) in [7, 11) is 0. The topological polar surface area (TPSA) is 35.2 Å². The van der Waals surface area contributed by atoms with Gasteiger partial charge in [-0.3, -0.25) is 0 Å². The van der Waals surface area contributed by atoms with Gasteiger partial charge in [0.1, 0.15) is 17.3 Å². The van der Waals surface area contributed by atoms with Gasteiger partial charge in [-0.15, -0.1) is 0 Å². The van der Waals surface area contributed by atoms with Gasteiger partial charge in [-0.2, -0.15) is 0 Å². The molecule has 2 aromatic rings. The van der Waals surface area contributed by atoms with Crippen LogP contribution in [-0.4, -0.2) is 6.04 Å². The second-order valence-corrected chi connectivity index (χ2v) is 5.46. The molecule has 2 N–H and O–H groups in total. The van der Waals surface area contributed by atoms with Crippen molar-refractivity contribution in [2.24, 2.45) is 5.73 Å². The zero-order valence-electron chi connectivity index (χ0n) is 12.8. The van der Waals surface area contributed by atoms with Crippen LogP contribution in [0.1, 0.15) is 30.0 Å². The number of hydrogen-bond donors (Lipinski definition) is 1. The molecule has 0 aliphatic rings. The van der Waals surface area contributed by atoms with E-state index in [1.165, 1.54) is 11.6 Å². The van der Waals surface area contributed by atoms with Crippen LogP contribution >= 0.6 is 0 Å². The molecule has 1 unspecified atom stereocenters. The molecule has 0 bridgehead atoms. The van der Waals surface area contributed by atoms with E-state index in [1.807, 2.05) is 39.0 Å². The molecule has 0 saturated heterocycles. The van der Waals surface area contributed by atoms with Gasteiger partial charge in [0.05, 0.1) is 0 Å². The minimum atomic E-state index is -0.263. The zero-order valence-corrected chi connectivity index (χ0v) is 12.8. The van der Waals surface area contributed by atoms with Gasteiger partial charge >= 0.3 is 0 Å². The summed E-state index contributed by atoms with van der Waals surface area (Å²) in [6.45, 7) is 6.01. The van der Waals surface area contributed by atoms with Gasteiger partial charge in [0.15, 0.2) is 0 Å². The lowest BCUT2D eigenvalue weighted by Crippen LogP contribution is -2.22. The molecule has 112 valence electrons. The highest BCUT2D eigenvalue weighted by Crippen LogP contribution is 2.30. The highest BCUT2D eigenvalue weighted by molar-refractivity contribution is 5.43. The summed E-state index contributed by atoms with van der Waals surface area (Å²) in [5.41, 5.74) is 8.72. The molecule has 0 spiro atoms. The normalized spacial score (nSPS) is 12.2. The van der Waals surface area contributed by atoms with Crippen LogP contribution < -0.4 is 10.5 Å². The highest BCUT2D eigenvalue weighted by Gasteiger charge is 2.14. The molecule has 3 heteroatoms. The van der Waals surface area contributed by atoms with Crippen LogP contribution in [0.4, 0.5) is 4.39 Å². The molecule has 1 atom stereocenters. The first kappa shape index (κ1) is 15.5. The summed E-state index contributed by atoms with van der Waals surface area (Å²) < 4.78 is 20.0. The van der Waals surface area contributed by atoms with Gasteiger partial charge < -0.3 is 10.5 Å². The summed E-state index contributed by atoms with van der Waals surface area (Å²) in [5, 5.41) is 0. The number of nitrogens with two attached hydrogens (primary N) is 1. The smallest absolute Gasteiger partial charge is 0.133 e. The molecule has 0 fully saturated rings. The molecule has 0 aliphatic carbocycles. The molecule has 0 heterocycles. The lowest BCUT2D eigenvalue weighted by molar-refractivity contribution is 0.458. The Morgan fingerprint density at radius 1 is 1.14 bits per heavy atom. The second kappa shape index (κ2) is 6.72. The van der Waals surface area contributed by atoms with Crippen molar-refractivity contribution in [2.45, 2.75) is 39.7 Å². The Hall–Kier alpha value is -1.87. The standard InChI is InChI=1S/C18H22FNO/c1-4-14(20)11-15-16(19)6-5-7-18(15)21-17-9-8-12(2)10-13(17)3/h5-10,14H,4,11,20H2,1-3H3. The molecule has 21 heavy (non-hydrogen) atoms. The molecule has 0 aliphatic heterocycles. The summed E-state index contributed by atoms with van der Waals surface area (Å²) >= 11 is 0. The maximum Gasteiger partial charge on any atom is 0.133 e. The Morgan fingerprint density at radius 3 is 2.57 bits per heavy atom. The second-order valence-electron chi connectivity index (χ2n) is 5.46. The van der Waals surface area contributed by atoms with Gasteiger partial charge in [-0.1, -0.05) is 30.7 Å². The van der Waals surface area contributed by atoms with Gasteiger partial charge in [0.2, 0.25) is 0 Å². The fourth-order valence-electron chi connectivity index (χ4n) is 2.27. The third-order valence-corrected chi connectivity index (χ3v) is 3.62. The van der Waals surface area contributed by atoms with Crippen molar-refractivity contribution in [2.75, 3.05) is 0 Å². The number of halogens is 1. The van der Waals surface area contributed by atoms with E-state index >= 15 is 0 Å². The minimum Gasteiger partial charge on any atom is -0.457 e. The van der Waals surface area contributed by atoms with E-state index in [2.05, 4.69) is 0 Å². The zero-order chi connectivity index (χ0) is 15.4. The van der Waals surface area contributed by atoms with Crippen LogP contribution in [0.15, 0.2) is 36.4 Å². The van der Waals surface area contributed by atoms with Gasteiger partial charge in [-0.05, 0) is 50.5 Å². The third-order valence-electron chi connectivity index (χ3n) is 3.62. The van der Waals surface area contributed by atoms with Crippen molar-refractivity contribution in [1.29, 1.82) is 0 Å². The molecule has 2 rings (SSSR count). The molecule has 2 nitrogen and oxygen atoms in total. The lowest BCUT2D eigenvalue weighted by Gasteiger charge is -2.16. The first-order chi connectivity index (χ1) is 10.0. The van der Waals surface area contributed by atoms with Crippen molar-refractivity contribution < 1.29 is 9.13 Å². The number of rotatable bonds is 5. The average Bonchev–Trinajstić information content (AvgIpc) is 2.45. The molecule has 2 aromatic carbocycles. The fraction of sp³-hybridized carbons (Fsp3) is 0.333. The van der Waals surface area contributed by atoms with Crippen LogP contribution in [0, 0.1) is 19.7 Å². The quantitative estimate of drug-likeness (QED) is 0.877. The monoisotopic (exact) mass is 287 g/mol. The Bertz CT molecular complexity index is 625. The number of ether oxygens (including phenoxy) is 1. The Kier molecular flexibility index (Phi) is 4.97. The summed E-state index contributed by atoms with van der Waals surface area (Å²) in [6.07, 6.45) is 1.28. The number of aryl methyl sites for hydroxylation is 2. The van der Waals surface area contributed by atoms with E-state index in [0.717, 1.165) is 17.7 Å². The van der Waals surface area contributed by atoms with Crippen molar-refractivity contribution in [1.82, 2.24) is 0 Å². The molecule has 0 aromatic heterocycles. The van der Waals surface area contributed by atoms with Crippen LogP contribution in [0.2, 0.25) is 0 Å². The minimum absolute atomic E-state index is 0.0663. The van der Waals surface area contributed by atoms with Crippen molar-refractivity contribution >= 4 is 0 Å². The van der Waals surface area contributed by atoms with E-state index < -0.39 is 0 Å². The predicted octanol–water partition coefficient (Wildman–Crippen LogP) is 4.51. The SMILES string of the molecule is CCC(N)Cc1c(F)cccc1Oc1ccc(C)cc1C. The largest absolute Gasteiger partial charge is 0.457 e. The van der Waals surface area contributed by atoms with Crippen LogP contribution in [0.25, 0.3) is 0 Å². The number of benzene rings is 2. The fourth-order valence-corrected chi connectivity index (χ4v) is 2.27. The lowest BCUT2D eigenvalue weighted by atomic mass is 10.0. The maximum absolute atomic E-state index is 14.1. The first-order valence-corrected chi connectivity index (χ1v) is 7.29. The summed E-state index contributed by atoms with van der Waals surface area (Å²) in [5.74, 6) is 1.03.